The molecule has 118 valence electrons. The van der Waals surface area contributed by atoms with Crippen LogP contribution in [0.15, 0.2) is 48.5 Å². The van der Waals surface area contributed by atoms with Gasteiger partial charge in [0.25, 0.3) is 0 Å². The molecule has 0 bridgehead atoms. The summed E-state index contributed by atoms with van der Waals surface area (Å²) < 4.78 is 28.6. The molecule has 0 N–H and O–H groups in total. The van der Waals surface area contributed by atoms with Crippen molar-refractivity contribution in [2.45, 2.75) is 45.6 Å². The highest BCUT2D eigenvalue weighted by Gasteiger charge is 2.04. The van der Waals surface area contributed by atoms with Crippen LogP contribution in [0.5, 0.6) is 5.75 Å². The first-order valence-electron chi connectivity index (χ1n) is 7.83. The summed E-state index contributed by atoms with van der Waals surface area (Å²) in [6.45, 7) is -0.565. The average molecular weight is 304 g/mol. The standard InChI is InChI=1S/C19H22F2O/c1-2-3-4-5-6-15-7-9-16(10-8-15)17-11-13-18(14-12-17)22-19(20)21/h7-14,19H,2-6H2,1H3. The number of unbranched alkanes of at least 4 members (excludes halogenated alkanes) is 3. The predicted molar refractivity (Wildman–Crippen MR) is 86.4 cm³/mol. The number of hydrogen-bond donors (Lipinski definition) is 0. The molecule has 0 aromatic heterocycles. The number of ether oxygens (including phenoxy) is 1. The van der Waals surface area contributed by atoms with Gasteiger partial charge in [-0.2, -0.15) is 8.78 Å². The number of benzene rings is 2. The number of alkyl halides is 2. The molecule has 0 unspecified atom stereocenters. The van der Waals surface area contributed by atoms with Crippen molar-refractivity contribution in [3.8, 4) is 16.9 Å². The maximum absolute atomic E-state index is 12.1. The molecule has 0 heterocycles. The zero-order valence-corrected chi connectivity index (χ0v) is 12.9. The van der Waals surface area contributed by atoms with Gasteiger partial charge in [0.2, 0.25) is 0 Å². The molecule has 2 aromatic rings. The van der Waals surface area contributed by atoms with E-state index in [0.717, 1.165) is 17.5 Å². The molecule has 3 heteroatoms. The van der Waals surface area contributed by atoms with Crippen LogP contribution in [0.1, 0.15) is 38.2 Å². The van der Waals surface area contributed by atoms with Crippen LogP contribution in [-0.4, -0.2) is 6.61 Å². The predicted octanol–water partition coefficient (Wildman–Crippen LogP) is 6.08. The molecule has 0 spiro atoms. The Morgan fingerprint density at radius 1 is 0.818 bits per heavy atom. The first-order chi connectivity index (χ1) is 10.7. The third-order valence-electron chi connectivity index (χ3n) is 3.69. The van der Waals surface area contributed by atoms with Crippen molar-refractivity contribution in [2.75, 3.05) is 0 Å². The Labute approximate surface area is 130 Å². The fourth-order valence-corrected chi connectivity index (χ4v) is 2.45. The smallest absolute Gasteiger partial charge is 0.387 e. The Kier molecular flexibility index (Phi) is 6.38. The summed E-state index contributed by atoms with van der Waals surface area (Å²) in [6, 6.07) is 15.2. The van der Waals surface area contributed by atoms with Crippen molar-refractivity contribution in [3.63, 3.8) is 0 Å². The zero-order valence-electron chi connectivity index (χ0n) is 12.9. The van der Waals surface area contributed by atoms with Crippen molar-refractivity contribution in [2.24, 2.45) is 0 Å². The van der Waals surface area contributed by atoms with Crippen molar-refractivity contribution < 1.29 is 13.5 Å². The van der Waals surface area contributed by atoms with Crippen molar-refractivity contribution in [3.05, 3.63) is 54.1 Å². The molecule has 0 aliphatic rings. The maximum Gasteiger partial charge on any atom is 0.387 e. The summed E-state index contributed by atoms with van der Waals surface area (Å²) in [7, 11) is 0. The largest absolute Gasteiger partial charge is 0.435 e. The molecular formula is C19H22F2O. The van der Waals surface area contributed by atoms with E-state index in [1.807, 2.05) is 0 Å². The molecule has 0 saturated heterocycles. The van der Waals surface area contributed by atoms with E-state index in [-0.39, 0.29) is 5.75 Å². The topological polar surface area (TPSA) is 9.23 Å². The molecule has 0 aliphatic heterocycles. The molecule has 0 fully saturated rings. The minimum atomic E-state index is -2.78. The highest BCUT2D eigenvalue weighted by molar-refractivity contribution is 5.64. The normalized spacial score (nSPS) is 10.9. The second-order valence-corrected chi connectivity index (χ2v) is 5.41. The molecule has 0 amide bonds. The number of rotatable bonds is 8. The first-order valence-corrected chi connectivity index (χ1v) is 7.83. The van der Waals surface area contributed by atoms with Gasteiger partial charge < -0.3 is 4.74 Å². The van der Waals surface area contributed by atoms with Gasteiger partial charge in [0.15, 0.2) is 0 Å². The van der Waals surface area contributed by atoms with Gasteiger partial charge in [0.1, 0.15) is 5.75 Å². The van der Waals surface area contributed by atoms with E-state index in [0.29, 0.717) is 0 Å². The van der Waals surface area contributed by atoms with Gasteiger partial charge in [-0.1, -0.05) is 62.6 Å². The Morgan fingerprint density at radius 2 is 1.41 bits per heavy atom. The average Bonchev–Trinajstić information content (AvgIpc) is 2.52. The van der Waals surface area contributed by atoms with Crippen LogP contribution in [0.3, 0.4) is 0 Å². The van der Waals surface area contributed by atoms with Crippen molar-refractivity contribution >= 4 is 0 Å². The first kappa shape index (κ1) is 16.5. The van der Waals surface area contributed by atoms with E-state index in [9.17, 15) is 8.78 Å². The van der Waals surface area contributed by atoms with Gasteiger partial charge >= 0.3 is 6.61 Å². The summed E-state index contributed by atoms with van der Waals surface area (Å²) in [5.41, 5.74) is 3.43. The lowest BCUT2D eigenvalue weighted by Crippen LogP contribution is -2.01. The van der Waals surface area contributed by atoms with Crippen LogP contribution in [0.4, 0.5) is 8.78 Å². The van der Waals surface area contributed by atoms with E-state index in [1.165, 1.54) is 31.2 Å². The molecule has 0 radical (unpaired) electrons. The molecule has 0 saturated carbocycles. The summed E-state index contributed by atoms with van der Waals surface area (Å²) in [5, 5.41) is 0. The van der Waals surface area contributed by atoms with E-state index >= 15 is 0 Å². The molecule has 2 rings (SSSR count). The highest BCUT2D eigenvalue weighted by atomic mass is 19.3. The van der Waals surface area contributed by atoms with Gasteiger partial charge in [-0.05, 0) is 41.7 Å². The maximum atomic E-state index is 12.1. The molecule has 0 atom stereocenters. The molecule has 1 nitrogen and oxygen atoms in total. The number of halogens is 2. The fraction of sp³-hybridized carbons (Fsp3) is 0.368. The third-order valence-corrected chi connectivity index (χ3v) is 3.69. The van der Waals surface area contributed by atoms with Crippen LogP contribution in [0.2, 0.25) is 0 Å². The molecule has 2 aromatic carbocycles. The molecular weight excluding hydrogens is 282 g/mol. The van der Waals surface area contributed by atoms with Gasteiger partial charge in [0, 0.05) is 0 Å². The van der Waals surface area contributed by atoms with E-state index in [1.54, 1.807) is 24.3 Å². The van der Waals surface area contributed by atoms with E-state index < -0.39 is 6.61 Å². The number of hydrogen-bond acceptors (Lipinski definition) is 1. The number of aryl methyl sites for hydroxylation is 1. The van der Waals surface area contributed by atoms with Crippen molar-refractivity contribution in [1.82, 2.24) is 0 Å². The minimum Gasteiger partial charge on any atom is -0.435 e. The van der Waals surface area contributed by atoms with Crippen LogP contribution in [0.25, 0.3) is 11.1 Å². The Hall–Kier alpha value is -1.90. The Morgan fingerprint density at radius 3 is 1.95 bits per heavy atom. The van der Waals surface area contributed by atoms with Gasteiger partial charge in [-0.3, -0.25) is 0 Å². The summed E-state index contributed by atoms with van der Waals surface area (Å²) in [6.07, 6.45) is 6.17. The zero-order chi connectivity index (χ0) is 15.8. The Balaban J connectivity index is 1.95. The highest BCUT2D eigenvalue weighted by Crippen LogP contribution is 2.24. The lowest BCUT2D eigenvalue weighted by Gasteiger charge is -2.07. The van der Waals surface area contributed by atoms with Crippen LogP contribution >= 0.6 is 0 Å². The third kappa shape index (κ3) is 5.14. The monoisotopic (exact) mass is 304 g/mol. The second-order valence-electron chi connectivity index (χ2n) is 5.41. The Bertz CT molecular complexity index is 547. The van der Waals surface area contributed by atoms with Crippen LogP contribution < -0.4 is 4.74 Å². The molecule has 0 aliphatic carbocycles. The fourth-order valence-electron chi connectivity index (χ4n) is 2.45. The van der Waals surface area contributed by atoms with Gasteiger partial charge in [-0.15, -0.1) is 0 Å². The van der Waals surface area contributed by atoms with Crippen LogP contribution in [-0.2, 0) is 6.42 Å². The second kappa shape index (κ2) is 8.52. The van der Waals surface area contributed by atoms with E-state index in [4.69, 9.17) is 0 Å². The SMILES string of the molecule is CCCCCCc1ccc(-c2ccc(OC(F)F)cc2)cc1. The lowest BCUT2D eigenvalue weighted by atomic mass is 10.0. The summed E-state index contributed by atoms with van der Waals surface area (Å²) >= 11 is 0. The lowest BCUT2D eigenvalue weighted by molar-refractivity contribution is -0.0498. The quantitative estimate of drug-likeness (QED) is 0.537. The van der Waals surface area contributed by atoms with E-state index in [2.05, 4.69) is 35.9 Å². The minimum absolute atomic E-state index is 0.186. The van der Waals surface area contributed by atoms with Gasteiger partial charge in [-0.25, -0.2) is 0 Å². The van der Waals surface area contributed by atoms with Gasteiger partial charge in [0.05, 0.1) is 0 Å². The van der Waals surface area contributed by atoms with Crippen molar-refractivity contribution in [1.29, 1.82) is 0 Å². The summed E-state index contributed by atoms with van der Waals surface area (Å²) in [5.74, 6) is 0.186. The summed E-state index contributed by atoms with van der Waals surface area (Å²) in [4.78, 5) is 0. The molecule has 22 heavy (non-hydrogen) atoms. The van der Waals surface area contributed by atoms with Crippen LogP contribution in [0, 0.1) is 0 Å².